The lowest BCUT2D eigenvalue weighted by Gasteiger charge is -2.16. The van der Waals surface area contributed by atoms with Gasteiger partial charge in [-0.3, -0.25) is 0 Å². The molecule has 1 aromatic rings. The Hall–Kier alpha value is -1.57. The fourth-order valence-corrected chi connectivity index (χ4v) is 1.64. The minimum absolute atomic E-state index is 0.0479. The molecule has 0 aliphatic rings. The number of aliphatic hydroxyl groups excluding tert-OH is 1. The minimum Gasteiger partial charge on any atom is -0.396 e. The molecule has 0 radical (unpaired) electrons. The first-order valence-corrected chi connectivity index (χ1v) is 6.44. The van der Waals surface area contributed by atoms with Crippen LogP contribution in [0.2, 0.25) is 0 Å². The summed E-state index contributed by atoms with van der Waals surface area (Å²) in [6.07, 6.45) is -3.37. The lowest BCUT2D eigenvalue weighted by atomic mass is 10.2. The Labute approximate surface area is 115 Å². The first-order chi connectivity index (χ1) is 9.36. The molecule has 20 heavy (non-hydrogen) atoms. The quantitative estimate of drug-likeness (QED) is 0.720. The predicted octanol–water partition coefficient (Wildman–Crippen LogP) is 2.50. The first-order valence-electron chi connectivity index (χ1n) is 6.44. The summed E-state index contributed by atoms with van der Waals surface area (Å²) in [6.45, 7) is 4.10. The van der Waals surface area contributed by atoms with Crippen molar-refractivity contribution in [2.75, 3.05) is 23.8 Å². The molecule has 0 aliphatic carbocycles. The van der Waals surface area contributed by atoms with Crippen molar-refractivity contribution in [3.8, 4) is 0 Å². The Balaban J connectivity index is 2.91. The molecule has 1 aromatic heterocycles. The van der Waals surface area contributed by atoms with Gasteiger partial charge in [0, 0.05) is 25.3 Å². The van der Waals surface area contributed by atoms with Crippen molar-refractivity contribution < 1.29 is 18.3 Å². The van der Waals surface area contributed by atoms with Gasteiger partial charge in [0.2, 0.25) is 5.82 Å². The van der Waals surface area contributed by atoms with Crippen LogP contribution in [0.1, 0.15) is 32.5 Å². The molecule has 0 saturated carbocycles. The first kappa shape index (κ1) is 16.5. The molecule has 114 valence electrons. The number of aliphatic hydroxyl groups is 1. The zero-order chi connectivity index (χ0) is 15.2. The fraction of sp³-hybridized carbons (Fsp3) is 0.667. The molecule has 0 aliphatic heterocycles. The smallest absolute Gasteiger partial charge is 0.396 e. The van der Waals surface area contributed by atoms with Gasteiger partial charge in [-0.05, 0) is 26.7 Å². The molecule has 5 nitrogen and oxygen atoms in total. The number of halogens is 3. The second kappa shape index (κ2) is 7.28. The number of rotatable bonds is 7. The molecule has 0 amide bonds. The van der Waals surface area contributed by atoms with E-state index < -0.39 is 12.0 Å². The largest absolute Gasteiger partial charge is 0.451 e. The molecule has 1 rings (SSSR count). The predicted molar refractivity (Wildman–Crippen MR) is 70.6 cm³/mol. The van der Waals surface area contributed by atoms with Crippen LogP contribution in [0.5, 0.6) is 0 Å². The second-order valence-electron chi connectivity index (χ2n) is 4.40. The maximum absolute atomic E-state index is 12.7. The summed E-state index contributed by atoms with van der Waals surface area (Å²) in [5.41, 5.74) is 0. The maximum atomic E-state index is 12.7. The molecule has 0 bridgehead atoms. The maximum Gasteiger partial charge on any atom is 0.451 e. The van der Waals surface area contributed by atoms with E-state index in [0.717, 1.165) is 0 Å². The Morgan fingerprint density at radius 2 is 1.95 bits per heavy atom. The third kappa shape index (κ3) is 5.20. The summed E-state index contributed by atoms with van der Waals surface area (Å²) < 4.78 is 38.1. The molecule has 0 aromatic carbocycles. The summed E-state index contributed by atoms with van der Waals surface area (Å²) >= 11 is 0. The van der Waals surface area contributed by atoms with E-state index >= 15 is 0 Å². The molecular formula is C12H19F3N4O. The number of hydrogen-bond acceptors (Lipinski definition) is 5. The highest BCUT2D eigenvalue weighted by Gasteiger charge is 2.35. The summed E-state index contributed by atoms with van der Waals surface area (Å²) in [7, 11) is 0. The number of nitrogens with zero attached hydrogens (tertiary/aromatic N) is 2. The Kier molecular flexibility index (Phi) is 6.00. The highest BCUT2D eigenvalue weighted by atomic mass is 19.4. The van der Waals surface area contributed by atoms with Gasteiger partial charge in [0.25, 0.3) is 0 Å². The van der Waals surface area contributed by atoms with Crippen molar-refractivity contribution in [2.45, 2.75) is 38.9 Å². The van der Waals surface area contributed by atoms with Crippen LogP contribution in [0.25, 0.3) is 0 Å². The van der Waals surface area contributed by atoms with Crippen molar-refractivity contribution >= 4 is 11.6 Å². The van der Waals surface area contributed by atoms with Crippen LogP contribution >= 0.6 is 0 Å². The van der Waals surface area contributed by atoms with Gasteiger partial charge >= 0.3 is 6.18 Å². The lowest BCUT2D eigenvalue weighted by Crippen LogP contribution is -2.20. The van der Waals surface area contributed by atoms with Crippen LogP contribution in [-0.4, -0.2) is 34.3 Å². The van der Waals surface area contributed by atoms with Crippen LogP contribution in [-0.2, 0) is 6.18 Å². The normalized spacial score (nSPS) is 13.1. The van der Waals surface area contributed by atoms with Gasteiger partial charge < -0.3 is 15.7 Å². The zero-order valence-corrected chi connectivity index (χ0v) is 11.5. The standard InChI is InChI=1S/C12H19F3N4O/c1-3-16-9-7-10(17-8(2)5-4-6-20)19-11(18-9)12(13,14)15/h7-8,20H,3-6H2,1-2H3,(H2,16,17,18,19). The molecule has 8 heteroatoms. The summed E-state index contributed by atoms with van der Waals surface area (Å²) in [5.74, 6) is -0.923. The molecule has 3 N–H and O–H groups in total. The number of nitrogens with one attached hydrogen (secondary N) is 2. The molecular weight excluding hydrogens is 273 g/mol. The highest BCUT2D eigenvalue weighted by Crippen LogP contribution is 2.28. The van der Waals surface area contributed by atoms with Gasteiger partial charge in [0.15, 0.2) is 0 Å². The van der Waals surface area contributed by atoms with Crippen LogP contribution in [0, 0.1) is 0 Å². The summed E-state index contributed by atoms with van der Waals surface area (Å²) in [5, 5.41) is 14.4. The molecule has 1 atom stereocenters. The fourth-order valence-electron chi connectivity index (χ4n) is 1.64. The van der Waals surface area contributed by atoms with Crippen molar-refractivity contribution in [3.05, 3.63) is 11.9 Å². The van der Waals surface area contributed by atoms with E-state index in [0.29, 0.717) is 19.4 Å². The minimum atomic E-state index is -4.59. The van der Waals surface area contributed by atoms with Crippen LogP contribution in [0.3, 0.4) is 0 Å². The third-order valence-corrected chi connectivity index (χ3v) is 2.53. The SMILES string of the molecule is CCNc1cc(NC(C)CCCO)nc(C(F)(F)F)n1. The number of aromatic nitrogens is 2. The van der Waals surface area contributed by atoms with Crippen molar-refractivity contribution in [2.24, 2.45) is 0 Å². The van der Waals surface area contributed by atoms with E-state index in [-0.39, 0.29) is 24.3 Å². The molecule has 1 heterocycles. The molecule has 0 spiro atoms. The lowest BCUT2D eigenvalue weighted by molar-refractivity contribution is -0.144. The molecule has 1 unspecified atom stereocenters. The van der Waals surface area contributed by atoms with Crippen LogP contribution < -0.4 is 10.6 Å². The summed E-state index contributed by atoms with van der Waals surface area (Å²) in [6, 6.07) is 1.35. The number of hydrogen-bond donors (Lipinski definition) is 3. The zero-order valence-electron chi connectivity index (χ0n) is 11.5. The van der Waals surface area contributed by atoms with E-state index in [1.54, 1.807) is 6.92 Å². The van der Waals surface area contributed by atoms with Gasteiger partial charge in [0.1, 0.15) is 11.6 Å². The van der Waals surface area contributed by atoms with E-state index in [1.165, 1.54) is 6.07 Å². The number of anilines is 2. The Morgan fingerprint density at radius 3 is 2.50 bits per heavy atom. The van der Waals surface area contributed by atoms with Gasteiger partial charge in [-0.15, -0.1) is 0 Å². The second-order valence-corrected chi connectivity index (χ2v) is 4.40. The van der Waals surface area contributed by atoms with E-state index in [4.69, 9.17) is 5.11 Å². The summed E-state index contributed by atoms with van der Waals surface area (Å²) in [4.78, 5) is 6.92. The van der Waals surface area contributed by atoms with Crippen molar-refractivity contribution in [3.63, 3.8) is 0 Å². The van der Waals surface area contributed by atoms with Crippen LogP contribution in [0.15, 0.2) is 6.07 Å². The van der Waals surface area contributed by atoms with Gasteiger partial charge in [0.05, 0.1) is 0 Å². The molecule has 0 fully saturated rings. The van der Waals surface area contributed by atoms with Gasteiger partial charge in [-0.2, -0.15) is 13.2 Å². The van der Waals surface area contributed by atoms with Gasteiger partial charge in [-0.1, -0.05) is 0 Å². The Morgan fingerprint density at radius 1 is 1.30 bits per heavy atom. The van der Waals surface area contributed by atoms with Gasteiger partial charge in [-0.25, -0.2) is 9.97 Å². The number of alkyl halides is 3. The monoisotopic (exact) mass is 292 g/mol. The highest BCUT2D eigenvalue weighted by molar-refractivity contribution is 5.48. The molecule has 0 saturated heterocycles. The average molecular weight is 292 g/mol. The topological polar surface area (TPSA) is 70.1 Å². The Bertz CT molecular complexity index is 426. The van der Waals surface area contributed by atoms with E-state index in [2.05, 4.69) is 20.6 Å². The van der Waals surface area contributed by atoms with E-state index in [9.17, 15) is 13.2 Å². The average Bonchev–Trinajstić information content (AvgIpc) is 2.35. The van der Waals surface area contributed by atoms with Crippen LogP contribution in [0.4, 0.5) is 24.8 Å². The van der Waals surface area contributed by atoms with Crippen molar-refractivity contribution in [1.82, 2.24) is 9.97 Å². The van der Waals surface area contributed by atoms with Crippen molar-refractivity contribution in [1.29, 1.82) is 0 Å². The third-order valence-electron chi connectivity index (χ3n) is 2.53. The van der Waals surface area contributed by atoms with E-state index in [1.807, 2.05) is 6.92 Å².